The van der Waals surface area contributed by atoms with Gasteiger partial charge < -0.3 is 37.0 Å². The van der Waals surface area contributed by atoms with Crippen LogP contribution in [-0.2, 0) is 24.0 Å². The number of carbonyl (C=O) groups excluding carboxylic acids is 3. The second-order valence-corrected chi connectivity index (χ2v) is 8.31. The Bertz CT molecular complexity index is 646. The van der Waals surface area contributed by atoms with Gasteiger partial charge in [0, 0.05) is 0 Å². The molecule has 4 atom stereocenters. The van der Waals surface area contributed by atoms with Crippen LogP contribution in [0, 0.1) is 5.92 Å². The number of aliphatic carboxylic acids is 2. The van der Waals surface area contributed by atoms with Gasteiger partial charge in [-0.15, -0.1) is 0 Å². The zero-order valence-corrected chi connectivity index (χ0v) is 18.6. The van der Waals surface area contributed by atoms with Crippen LogP contribution in [0.4, 0.5) is 0 Å². The van der Waals surface area contributed by atoms with Crippen LogP contribution >= 0.6 is 11.8 Å². The predicted molar refractivity (Wildman–Crippen MR) is 113 cm³/mol. The molecular weight excluding hydrogens is 432 g/mol. The first-order chi connectivity index (χ1) is 14.4. The number of aliphatic hydroxyl groups is 1. The van der Waals surface area contributed by atoms with E-state index in [0.717, 1.165) is 0 Å². The Morgan fingerprint density at radius 3 is 1.87 bits per heavy atom. The van der Waals surface area contributed by atoms with E-state index < -0.39 is 66.9 Å². The summed E-state index contributed by atoms with van der Waals surface area (Å²) in [6.07, 6.45) is 1.46. The van der Waals surface area contributed by atoms with Gasteiger partial charge in [0.25, 0.3) is 0 Å². The van der Waals surface area contributed by atoms with Crippen LogP contribution in [0.25, 0.3) is 0 Å². The molecule has 0 aliphatic heterocycles. The number of hydrogen-bond acceptors (Lipinski definition) is 8. The second kappa shape index (κ2) is 14.6. The average molecular weight is 465 g/mol. The summed E-state index contributed by atoms with van der Waals surface area (Å²) in [5.41, 5.74) is 5.50. The molecule has 0 saturated carbocycles. The minimum Gasteiger partial charge on any atom is -0.481 e. The lowest BCUT2D eigenvalue weighted by molar-refractivity contribution is -0.143. The van der Waals surface area contributed by atoms with Gasteiger partial charge in [0.1, 0.15) is 18.1 Å². The van der Waals surface area contributed by atoms with Crippen molar-refractivity contribution in [2.24, 2.45) is 11.7 Å². The summed E-state index contributed by atoms with van der Waals surface area (Å²) >= 11 is 1.39. The summed E-state index contributed by atoms with van der Waals surface area (Å²) in [7, 11) is 0. The van der Waals surface area contributed by atoms with Crippen molar-refractivity contribution in [3.05, 3.63) is 0 Å². The maximum atomic E-state index is 12.6. The van der Waals surface area contributed by atoms with Crippen molar-refractivity contribution in [1.82, 2.24) is 16.0 Å². The summed E-state index contributed by atoms with van der Waals surface area (Å²) in [6, 6.07) is -5.14. The van der Waals surface area contributed by atoms with Gasteiger partial charge in [-0.2, -0.15) is 11.8 Å². The summed E-state index contributed by atoms with van der Waals surface area (Å²) < 4.78 is 0. The number of carbonyl (C=O) groups is 5. The topological polar surface area (TPSA) is 208 Å². The lowest BCUT2D eigenvalue weighted by Crippen LogP contribution is -2.58. The van der Waals surface area contributed by atoms with Gasteiger partial charge in [0.2, 0.25) is 17.7 Å². The van der Waals surface area contributed by atoms with E-state index in [1.165, 1.54) is 11.8 Å². The highest BCUT2D eigenvalue weighted by molar-refractivity contribution is 7.98. The van der Waals surface area contributed by atoms with Crippen molar-refractivity contribution in [1.29, 1.82) is 0 Å². The molecule has 0 aromatic heterocycles. The summed E-state index contributed by atoms with van der Waals surface area (Å²) in [6.45, 7) is 2.76. The van der Waals surface area contributed by atoms with Gasteiger partial charge in [0.15, 0.2) is 0 Å². The number of rotatable bonds is 15. The molecule has 0 aromatic carbocycles. The van der Waals surface area contributed by atoms with E-state index in [4.69, 9.17) is 10.8 Å². The highest BCUT2D eigenvalue weighted by Crippen LogP contribution is 2.06. The van der Waals surface area contributed by atoms with Crippen molar-refractivity contribution < 1.29 is 39.3 Å². The van der Waals surface area contributed by atoms with Gasteiger partial charge in [-0.1, -0.05) is 13.8 Å². The van der Waals surface area contributed by atoms with Crippen LogP contribution in [-0.4, -0.2) is 87.8 Å². The smallest absolute Gasteiger partial charge is 0.326 e. The lowest BCUT2D eigenvalue weighted by Gasteiger charge is -2.24. The van der Waals surface area contributed by atoms with Crippen molar-refractivity contribution in [2.75, 3.05) is 18.6 Å². The first kappa shape index (κ1) is 28.6. The van der Waals surface area contributed by atoms with Crippen molar-refractivity contribution in [2.45, 2.75) is 57.3 Å². The third-order valence-corrected chi connectivity index (χ3v) is 4.76. The van der Waals surface area contributed by atoms with Gasteiger partial charge in [-0.05, 0) is 30.8 Å². The molecule has 31 heavy (non-hydrogen) atoms. The fourth-order valence-electron chi connectivity index (χ4n) is 2.50. The Labute approximate surface area is 184 Å². The van der Waals surface area contributed by atoms with E-state index in [2.05, 4.69) is 16.0 Å². The zero-order chi connectivity index (χ0) is 24.1. The monoisotopic (exact) mass is 464 g/mol. The summed E-state index contributed by atoms with van der Waals surface area (Å²) in [5.74, 6) is -4.63. The summed E-state index contributed by atoms with van der Waals surface area (Å²) in [5, 5.41) is 34.4. The molecule has 0 aliphatic carbocycles. The number of thioether (sulfide) groups is 1. The van der Waals surface area contributed by atoms with Crippen molar-refractivity contribution in [3.8, 4) is 0 Å². The van der Waals surface area contributed by atoms with E-state index in [9.17, 15) is 34.2 Å². The maximum absolute atomic E-state index is 12.6. The molecule has 0 radical (unpaired) electrons. The fraction of sp³-hybridized carbons (Fsp3) is 0.722. The highest BCUT2D eigenvalue weighted by atomic mass is 32.2. The van der Waals surface area contributed by atoms with Crippen LogP contribution in [0.3, 0.4) is 0 Å². The molecule has 0 aliphatic rings. The number of carboxylic acid groups (broad SMARTS) is 2. The average Bonchev–Trinajstić information content (AvgIpc) is 2.67. The Hall–Kier alpha value is -2.38. The molecule has 0 aromatic rings. The molecule has 12 nitrogen and oxygen atoms in total. The molecule has 178 valence electrons. The molecule has 0 rings (SSSR count). The lowest BCUT2D eigenvalue weighted by atomic mass is 10.0. The number of nitrogens with one attached hydrogen (secondary N) is 3. The van der Waals surface area contributed by atoms with E-state index in [1.807, 2.05) is 0 Å². The predicted octanol–water partition coefficient (Wildman–Crippen LogP) is -1.88. The van der Waals surface area contributed by atoms with Gasteiger partial charge in [-0.3, -0.25) is 19.2 Å². The number of aliphatic hydroxyl groups excluding tert-OH is 1. The largest absolute Gasteiger partial charge is 0.481 e. The molecule has 0 spiro atoms. The van der Waals surface area contributed by atoms with Crippen molar-refractivity contribution >= 4 is 41.4 Å². The van der Waals surface area contributed by atoms with Crippen LogP contribution in [0.1, 0.15) is 33.1 Å². The van der Waals surface area contributed by atoms with E-state index in [-0.39, 0.29) is 18.8 Å². The first-order valence-corrected chi connectivity index (χ1v) is 11.0. The molecule has 3 amide bonds. The van der Waals surface area contributed by atoms with Crippen molar-refractivity contribution in [3.63, 3.8) is 0 Å². The summed E-state index contributed by atoms with van der Waals surface area (Å²) in [4.78, 5) is 59.1. The number of nitrogens with two attached hydrogens (primary N) is 1. The van der Waals surface area contributed by atoms with Gasteiger partial charge in [0.05, 0.1) is 19.1 Å². The third kappa shape index (κ3) is 11.5. The van der Waals surface area contributed by atoms with E-state index in [0.29, 0.717) is 5.75 Å². The molecule has 0 saturated heterocycles. The standard InChI is InChI=1S/C18H32N4O8S/c1-9(2)6-12(18(29)30)21-17(28)13(8-23)22-16(27)11(4-5-31-3)20-15(26)10(19)7-14(24)25/h9-13,23H,4-8,19H2,1-3H3,(H,20,26)(H,21,28)(H,22,27)(H,24,25)(H,29,30). The molecule has 13 heteroatoms. The molecule has 0 fully saturated rings. The number of amides is 3. The molecule has 0 heterocycles. The maximum Gasteiger partial charge on any atom is 0.326 e. The highest BCUT2D eigenvalue weighted by Gasteiger charge is 2.30. The van der Waals surface area contributed by atoms with E-state index in [1.54, 1.807) is 20.1 Å². The van der Waals surface area contributed by atoms with Crippen LogP contribution < -0.4 is 21.7 Å². The number of hydrogen-bond donors (Lipinski definition) is 7. The fourth-order valence-corrected chi connectivity index (χ4v) is 2.97. The Balaban J connectivity index is 5.20. The normalized spacial score (nSPS) is 14.8. The minimum atomic E-state index is -1.44. The van der Waals surface area contributed by atoms with E-state index >= 15 is 0 Å². The molecule has 0 bridgehead atoms. The van der Waals surface area contributed by atoms with Gasteiger partial charge >= 0.3 is 11.9 Å². The quantitative estimate of drug-likeness (QED) is 0.143. The Morgan fingerprint density at radius 2 is 1.42 bits per heavy atom. The molecule has 4 unspecified atom stereocenters. The molecular formula is C18H32N4O8S. The number of carboxylic acids is 2. The van der Waals surface area contributed by atoms with Gasteiger partial charge in [-0.25, -0.2) is 4.79 Å². The Kier molecular flexibility index (Phi) is 13.5. The SMILES string of the molecule is CSCCC(NC(=O)C(N)CC(=O)O)C(=O)NC(CO)C(=O)NC(CC(C)C)C(=O)O. The Morgan fingerprint density at radius 1 is 0.903 bits per heavy atom. The minimum absolute atomic E-state index is 0.0234. The zero-order valence-electron chi connectivity index (χ0n) is 17.8. The first-order valence-electron chi connectivity index (χ1n) is 9.63. The van der Waals surface area contributed by atoms with Crippen LogP contribution in [0.5, 0.6) is 0 Å². The third-order valence-electron chi connectivity index (χ3n) is 4.11. The molecule has 8 N–H and O–H groups in total. The second-order valence-electron chi connectivity index (χ2n) is 7.32. The van der Waals surface area contributed by atoms with Crippen LogP contribution in [0.2, 0.25) is 0 Å². The van der Waals surface area contributed by atoms with Crippen LogP contribution in [0.15, 0.2) is 0 Å².